The predicted octanol–water partition coefficient (Wildman–Crippen LogP) is 3.67. The molecule has 1 aromatic rings. The van der Waals surface area contributed by atoms with Crippen LogP contribution in [0.25, 0.3) is 0 Å². The van der Waals surface area contributed by atoms with Crippen LogP contribution in [0.1, 0.15) is 30.9 Å². The molecule has 0 saturated carbocycles. The first-order valence-electron chi connectivity index (χ1n) is 4.44. The maximum atomic E-state index is 2.22. The Kier molecular flexibility index (Phi) is 3.09. The van der Waals surface area contributed by atoms with Crippen LogP contribution in [0.3, 0.4) is 0 Å². The number of aryl methyl sites for hydroxylation is 1. The SMILES string of the molecule is C/C=C/C(C)c1ccccc1C. The average Bonchev–Trinajstić information content (AvgIpc) is 2.05. The summed E-state index contributed by atoms with van der Waals surface area (Å²) >= 11 is 0. The first kappa shape index (κ1) is 9.05. The normalized spacial score (nSPS) is 13.6. The third kappa shape index (κ3) is 1.97. The largest absolute Gasteiger partial charge is 0.0911 e. The first-order valence-corrected chi connectivity index (χ1v) is 4.44. The molecule has 0 aromatic heterocycles. The Hall–Kier alpha value is -1.04. The van der Waals surface area contributed by atoms with E-state index in [-0.39, 0.29) is 0 Å². The quantitative estimate of drug-likeness (QED) is 0.579. The van der Waals surface area contributed by atoms with E-state index in [0.717, 1.165) is 0 Å². The van der Waals surface area contributed by atoms with Crippen molar-refractivity contribution in [1.82, 2.24) is 0 Å². The molecule has 0 aliphatic carbocycles. The molecule has 0 saturated heterocycles. The van der Waals surface area contributed by atoms with E-state index in [1.165, 1.54) is 11.1 Å². The van der Waals surface area contributed by atoms with Crippen LogP contribution >= 0.6 is 0 Å². The molecule has 0 heterocycles. The van der Waals surface area contributed by atoms with Crippen molar-refractivity contribution in [2.45, 2.75) is 26.7 Å². The van der Waals surface area contributed by atoms with Crippen molar-refractivity contribution in [2.75, 3.05) is 0 Å². The van der Waals surface area contributed by atoms with Gasteiger partial charge in [-0.1, -0.05) is 43.3 Å². The van der Waals surface area contributed by atoms with E-state index in [2.05, 4.69) is 57.2 Å². The molecule has 0 heteroatoms. The van der Waals surface area contributed by atoms with Gasteiger partial charge in [-0.25, -0.2) is 0 Å². The van der Waals surface area contributed by atoms with Gasteiger partial charge >= 0.3 is 0 Å². The second-order valence-corrected chi connectivity index (χ2v) is 3.17. The molecular weight excluding hydrogens is 144 g/mol. The molecule has 64 valence electrons. The van der Waals surface area contributed by atoms with Gasteiger partial charge in [-0.15, -0.1) is 0 Å². The Labute approximate surface area is 74.9 Å². The zero-order valence-electron chi connectivity index (χ0n) is 8.04. The number of hydrogen-bond acceptors (Lipinski definition) is 0. The average molecular weight is 160 g/mol. The summed E-state index contributed by atoms with van der Waals surface area (Å²) in [4.78, 5) is 0. The van der Waals surface area contributed by atoms with Crippen LogP contribution in [-0.2, 0) is 0 Å². The Morgan fingerprint density at radius 3 is 2.50 bits per heavy atom. The lowest BCUT2D eigenvalue weighted by Gasteiger charge is -2.09. The van der Waals surface area contributed by atoms with Crippen molar-refractivity contribution in [3.63, 3.8) is 0 Å². The van der Waals surface area contributed by atoms with Gasteiger partial charge in [0.1, 0.15) is 0 Å². The number of hydrogen-bond donors (Lipinski definition) is 0. The van der Waals surface area contributed by atoms with E-state index in [4.69, 9.17) is 0 Å². The van der Waals surface area contributed by atoms with Gasteiger partial charge in [-0.2, -0.15) is 0 Å². The lowest BCUT2D eigenvalue weighted by Crippen LogP contribution is -1.91. The minimum absolute atomic E-state index is 0.538. The fourth-order valence-corrected chi connectivity index (χ4v) is 1.49. The smallest absolute Gasteiger partial charge is 0.000793 e. The van der Waals surface area contributed by atoms with Crippen molar-refractivity contribution in [1.29, 1.82) is 0 Å². The maximum absolute atomic E-state index is 2.22. The third-order valence-corrected chi connectivity index (χ3v) is 2.16. The summed E-state index contributed by atoms with van der Waals surface area (Å²) in [5.74, 6) is 0.538. The van der Waals surface area contributed by atoms with Crippen molar-refractivity contribution in [3.05, 3.63) is 47.5 Å². The molecule has 0 nitrogen and oxygen atoms in total. The van der Waals surface area contributed by atoms with Crippen molar-refractivity contribution < 1.29 is 0 Å². The third-order valence-electron chi connectivity index (χ3n) is 2.16. The van der Waals surface area contributed by atoms with Crippen molar-refractivity contribution in [3.8, 4) is 0 Å². The van der Waals surface area contributed by atoms with E-state index in [1.54, 1.807) is 0 Å². The van der Waals surface area contributed by atoms with Crippen LogP contribution < -0.4 is 0 Å². The van der Waals surface area contributed by atoms with Gasteiger partial charge in [0.25, 0.3) is 0 Å². The van der Waals surface area contributed by atoms with E-state index in [1.807, 2.05) is 0 Å². The van der Waals surface area contributed by atoms with E-state index in [9.17, 15) is 0 Å². The van der Waals surface area contributed by atoms with Crippen LogP contribution in [0, 0.1) is 6.92 Å². The van der Waals surface area contributed by atoms with E-state index < -0.39 is 0 Å². The molecule has 0 spiro atoms. The topological polar surface area (TPSA) is 0 Å². The Balaban J connectivity index is 2.94. The Bertz CT molecular complexity index is 271. The molecule has 0 amide bonds. The summed E-state index contributed by atoms with van der Waals surface area (Å²) < 4.78 is 0. The van der Waals surface area contributed by atoms with Crippen molar-refractivity contribution >= 4 is 0 Å². The standard InChI is InChI=1S/C12H16/c1-4-7-10(2)12-9-6-5-8-11(12)3/h4-10H,1-3H3/b7-4+. The summed E-state index contributed by atoms with van der Waals surface area (Å²) in [6.45, 7) is 6.45. The van der Waals surface area contributed by atoms with Gasteiger partial charge in [-0.3, -0.25) is 0 Å². The predicted molar refractivity (Wildman–Crippen MR) is 54.4 cm³/mol. The molecule has 0 bridgehead atoms. The van der Waals surface area contributed by atoms with Crippen LogP contribution in [0.2, 0.25) is 0 Å². The highest BCUT2D eigenvalue weighted by Crippen LogP contribution is 2.19. The zero-order valence-corrected chi connectivity index (χ0v) is 8.04. The van der Waals surface area contributed by atoms with Crippen LogP contribution in [0.5, 0.6) is 0 Å². The molecule has 1 rings (SSSR count). The molecular formula is C12H16. The zero-order chi connectivity index (χ0) is 8.97. The Morgan fingerprint density at radius 2 is 1.92 bits per heavy atom. The fourth-order valence-electron chi connectivity index (χ4n) is 1.49. The number of allylic oxidation sites excluding steroid dienone is 2. The van der Waals surface area contributed by atoms with Crippen LogP contribution in [0.4, 0.5) is 0 Å². The summed E-state index contributed by atoms with van der Waals surface area (Å²) in [6, 6.07) is 8.54. The second-order valence-electron chi connectivity index (χ2n) is 3.17. The lowest BCUT2D eigenvalue weighted by atomic mass is 9.96. The monoisotopic (exact) mass is 160 g/mol. The maximum Gasteiger partial charge on any atom is -0.000793 e. The van der Waals surface area contributed by atoms with Crippen LogP contribution in [-0.4, -0.2) is 0 Å². The van der Waals surface area contributed by atoms with Crippen LogP contribution in [0.15, 0.2) is 36.4 Å². The molecule has 12 heavy (non-hydrogen) atoms. The minimum atomic E-state index is 0.538. The highest BCUT2D eigenvalue weighted by atomic mass is 14.1. The van der Waals surface area contributed by atoms with Gasteiger partial charge in [-0.05, 0) is 30.9 Å². The molecule has 0 aliphatic rings. The highest BCUT2D eigenvalue weighted by molar-refractivity contribution is 5.31. The summed E-state index contributed by atoms with van der Waals surface area (Å²) in [7, 11) is 0. The fraction of sp³-hybridized carbons (Fsp3) is 0.333. The molecule has 1 unspecified atom stereocenters. The number of benzene rings is 1. The lowest BCUT2D eigenvalue weighted by molar-refractivity contribution is 0.950. The number of rotatable bonds is 2. The summed E-state index contributed by atoms with van der Waals surface area (Å²) in [5.41, 5.74) is 2.80. The van der Waals surface area contributed by atoms with E-state index >= 15 is 0 Å². The summed E-state index contributed by atoms with van der Waals surface area (Å²) in [6.07, 6.45) is 4.33. The molecule has 1 aromatic carbocycles. The van der Waals surface area contributed by atoms with Gasteiger partial charge in [0, 0.05) is 0 Å². The first-order chi connectivity index (χ1) is 5.75. The molecule has 0 aliphatic heterocycles. The molecule has 1 atom stereocenters. The van der Waals surface area contributed by atoms with E-state index in [0.29, 0.717) is 5.92 Å². The van der Waals surface area contributed by atoms with Gasteiger partial charge in [0.05, 0.1) is 0 Å². The molecule has 0 N–H and O–H groups in total. The molecule has 0 fully saturated rings. The van der Waals surface area contributed by atoms with Gasteiger partial charge in [0.2, 0.25) is 0 Å². The highest BCUT2D eigenvalue weighted by Gasteiger charge is 2.02. The van der Waals surface area contributed by atoms with Gasteiger partial charge < -0.3 is 0 Å². The van der Waals surface area contributed by atoms with Crippen molar-refractivity contribution in [2.24, 2.45) is 0 Å². The molecule has 0 radical (unpaired) electrons. The second kappa shape index (κ2) is 4.10. The van der Waals surface area contributed by atoms with Gasteiger partial charge in [0.15, 0.2) is 0 Å². The minimum Gasteiger partial charge on any atom is -0.0911 e. The Morgan fingerprint density at radius 1 is 1.25 bits per heavy atom. The summed E-state index contributed by atoms with van der Waals surface area (Å²) in [5, 5.41) is 0.